The summed E-state index contributed by atoms with van der Waals surface area (Å²) in [6.45, 7) is 7.08. The summed E-state index contributed by atoms with van der Waals surface area (Å²) in [5, 5.41) is 13.9. The Kier molecular flexibility index (Phi) is 8.82. The molecule has 0 aromatic heterocycles. The van der Waals surface area contributed by atoms with Crippen molar-refractivity contribution in [2.75, 3.05) is 6.61 Å². The number of ether oxygens (including phenoxy) is 2. The Balaban J connectivity index is 2.07. The number of aliphatic hydroxyl groups is 1. The van der Waals surface area contributed by atoms with Crippen LogP contribution in [-0.4, -0.2) is 29.8 Å². The molecule has 2 aromatic carbocycles. The molecule has 1 heterocycles. The quantitative estimate of drug-likeness (QED) is 0.487. The molecule has 2 N–H and O–H groups in total. The van der Waals surface area contributed by atoms with Crippen LogP contribution in [0.1, 0.15) is 63.7 Å². The number of hydrogen-bond acceptors (Lipinski definition) is 6. The van der Waals surface area contributed by atoms with Crippen LogP contribution in [0.2, 0.25) is 0 Å². The smallest absolute Gasteiger partial charge is 0.337 e. The Morgan fingerprint density at radius 3 is 2.29 bits per heavy atom. The van der Waals surface area contributed by atoms with E-state index in [-0.39, 0.29) is 23.9 Å². The molecular weight excluding hydrogens is 449 g/mol. The first-order valence-corrected chi connectivity index (χ1v) is 11.8. The van der Waals surface area contributed by atoms with Crippen molar-refractivity contribution in [1.82, 2.24) is 5.32 Å². The minimum atomic E-state index is -0.814. The number of nitrogens with one attached hydrogen (secondary N) is 1. The van der Waals surface area contributed by atoms with Crippen molar-refractivity contribution in [1.29, 1.82) is 0 Å². The Hall–Kier alpha value is -3.45. The van der Waals surface area contributed by atoms with Crippen molar-refractivity contribution in [3.63, 3.8) is 0 Å². The highest BCUT2D eigenvalue weighted by atomic mass is 19.1. The van der Waals surface area contributed by atoms with Crippen LogP contribution in [-0.2, 0) is 19.1 Å². The van der Waals surface area contributed by atoms with Gasteiger partial charge in [-0.25, -0.2) is 14.0 Å². The van der Waals surface area contributed by atoms with Crippen LogP contribution < -0.4 is 5.32 Å². The summed E-state index contributed by atoms with van der Waals surface area (Å²) in [6, 6.07) is 14.9. The fraction of sp³-hybridized carbons (Fsp3) is 0.357. The molecule has 3 rings (SSSR count). The number of benzene rings is 2. The maximum Gasteiger partial charge on any atom is 0.337 e. The Morgan fingerprint density at radius 2 is 1.69 bits per heavy atom. The van der Waals surface area contributed by atoms with E-state index in [1.165, 1.54) is 12.1 Å². The van der Waals surface area contributed by atoms with E-state index in [0.29, 0.717) is 29.8 Å². The second kappa shape index (κ2) is 11.8. The summed E-state index contributed by atoms with van der Waals surface area (Å²) in [5.74, 6) is -2.39. The molecule has 2 aromatic rings. The summed E-state index contributed by atoms with van der Waals surface area (Å²) < 4.78 is 24.6. The molecule has 0 aliphatic carbocycles. The molecule has 0 saturated carbocycles. The number of halogens is 1. The first-order valence-electron chi connectivity index (χ1n) is 11.8. The van der Waals surface area contributed by atoms with Gasteiger partial charge in [0.25, 0.3) is 0 Å². The Morgan fingerprint density at radius 1 is 1.03 bits per heavy atom. The maximum absolute atomic E-state index is 13.7. The third kappa shape index (κ3) is 6.36. The van der Waals surface area contributed by atoms with Gasteiger partial charge in [0.2, 0.25) is 0 Å². The van der Waals surface area contributed by atoms with E-state index < -0.39 is 29.8 Å². The molecule has 0 saturated heterocycles. The highest BCUT2D eigenvalue weighted by molar-refractivity contribution is 6.00. The van der Waals surface area contributed by atoms with Gasteiger partial charge in [0.05, 0.1) is 35.9 Å². The van der Waals surface area contributed by atoms with Crippen LogP contribution in [0, 0.1) is 5.82 Å². The van der Waals surface area contributed by atoms with Crippen LogP contribution in [0.3, 0.4) is 0 Å². The van der Waals surface area contributed by atoms with Gasteiger partial charge in [0, 0.05) is 11.4 Å². The van der Waals surface area contributed by atoms with E-state index in [2.05, 4.69) is 5.32 Å². The van der Waals surface area contributed by atoms with Crippen LogP contribution in [0.5, 0.6) is 0 Å². The first kappa shape index (κ1) is 26.2. The molecule has 0 fully saturated rings. The monoisotopic (exact) mass is 481 g/mol. The molecular formula is C28H32FNO5. The highest BCUT2D eigenvalue weighted by Crippen LogP contribution is 2.41. The summed E-state index contributed by atoms with van der Waals surface area (Å²) in [5.41, 5.74) is 2.92. The van der Waals surface area contributed by atoms with Crippen molar-refractivity contribution in [3.8, 4) is 0 Å². The van der Waals surface area contributed by atoms with E-state index in [9.17, 15) is 19.1 Å². The normalized spacial score (nSPS) is 16.7. The molecule has 35 heavy (non-hydrogen) atoms. The lowest BCUT2D eigenvalue weighted by atomic mass is 9.79. The topological polar surface area (TPSA) is 84.9 Å². The molecule has 0 amide bonds. The summed E-state index contributed by atoms with van der Waals surface area (Å²) in [7, 11) is 0. The van der Waals surface area contributed by atoms with Gasteiger partial charge < -0.3 is 19.9 Å². The first-order chi connectivity index (χ1) is 16.7. The number of rotatable bonds is 9. The van der Waals surface area contributed by atoms with E-state index >= 15 is 0 Å². The van der Waals surface area contributed by atoms with Gasteiger partial charge in [-0.2, -0.15) is 0 Å². The number of allylic oxidation sites excluding steroid dienone is 2. The van der Waals surface area contributed by atoms with Crippen molar-refractivity contribution in [2.45, 2.75) is 58.7 Å². The standard InChI is InChI=1S/C28H32FNO5/c1-5-34-27(32)26-22(15-16-23(31)19-9-7-6-8-10-19)30-18(4)24(28(33)35-17(2)3)25(26)20-11-13-21(29)14-12-20/h6-14,17,23,25,30-31H,5,15-16H2,1-4H3. The van der Waals surface area contributed by atoms with Gasteiger partial charge in [0.15, 0.2) is 0 Å². The Bertz CT molecular complexity index is 1110. The minimum absolute atomic E-state index is 0.146. The number of aliphatic hydroxyl groups excluding tert-OH is 1. The largest absolute Gasteiger partial charge is 0.463 e. The SMILES string of the molecule is CCOC(=O)C1=C(CCC(O)c2ccccc2)NC(C)=C(C(=O)OC(C)C)C1c1ccc(F)cc1. The fourth-order valence-electron chi connectivity index (χ4n) is 4.20. The number of carbonyl (C=O) groups excluding carboxylic acids is 2. The lowest BCUT2D eigenvalue weighted by Gasteiger charge is -2.32. The van der Waals surface area contributed by atoms with Crippen LogP contribution in [0.4, 0.5) is 4.39 Å². The number of esters is 2. The number of carbonyl (C=O) groups is 2. The predicted molar refractivity (Wildman–Crippen MR) is 130 cm³/mol. The van der Waals surface area contributed by atoms with Crippen LogP contribution in [0.25, 0.3) is 0 Å². The maximum atomic E-state index is 13.7. The predicted octanol–water partition coefficient (Wildman–Crippen LogP) is 5.07. The summed E-state index contributed by atoms with van der Waals surface area (Å²) in [6.07, 6.45) is -0.445. The van der Waals surface area contributed by atoms with E-state index in [4.69, 9.17) is 9.47 Å². The van der Waals surface area contributed by atoms with Crippen molar-refractivity contribution < 1.29 is 28.6 Å². The van der Waals surface area contributed by atoms with Gasteiger partial charge >= 0.3 is 11.9 Å². The average molecular weight is 482 g/mol. The third-order valence-corrected chi connectivity index (χ3v) is 5.76. The van der Waals surface area contributed by atoms with Gasteiger partial charge in [-0.1, -0.05) is 42.5 Å². The molecule has 1 aliphatic heterocycles. The summed E-state index contributed by atoms with van der Waals surface area (Å²) in [4.78, 5) is 26.4. The van der Waals surface area contributed by atoms with Crippen molar-refractivity contribution in [3.05, 3.63) is 94.1 Å². The second-order valence-corrected chi connectivity index (χ2v) is 8.68. The zero-order valence-corrected chi connectivity index (χ0v) is 20.5. The van der Waals surface area contributed by atoms with E-state index in [1.54, 1.807) is 39.8 Å². The molecule has 7 heteroatoms. The lowest BCUT2D eigenvalue weighted by molar-refractivity contribution is -0.143. The van der Waals surface area contributed by atoms with Gasteiger partial charge in [-0.3, -0.25) is 0 Å². The fourth-order valence-corrected chi connectivity index (χ4v) is 4.20. The molecule has 6 nitrogen and oxygen atoms in total. The van der Waals surface area contributed by atoms with Crippen molar-refractivity contribution >= 4 is 11.9 Å². The zero-order chi connectivity index (χ0) is 25.5. The molecule has 0 spiro atoms. The molecule has 0 bridgehead atoms. The minimum Gasteiger partial charge on any atom is -0.463 e. The molecule has 186 valence electrons. The zero-order valence-electron chi connectivity index (χ0n) is 20.5. The third-order valence-electron chi connectivity index (χ3n) is 5.76. The summed E-state index contributed by atoms with van der Waals surface area (Å²) >= 11 is 0. The lowest BCUT2D eigenvalue weighted by Crippen LogP contribution is -2.34. The highest BCUT2D eigenvalue weighted by Gasteiger charge is 2.39. The average Bonchev–Trinajstić information content (AvgIpc) is 2.82. The van der Waals surface area contributed by atoms with Crippen LogP contribution >= 0.6 is 0 Å². The van der Waals surface area contributed by atoms with Gasteiger partial charge in [0.1, 0.15) is 5.82 Å². The number of hydrogen-bond donors (Lipinski definition) is 2. The van der Waals surface area contributed by atoms with Gasteiger partial charge in [-0.05, 0) is 63.8 Å². The second-order valence-electron chi connectivity index (χ2n) is 8.68. The van der Waals surface area contributed by atoms with Crippen molar-refractivity contribution in [2.24, 2.45) is 0 Å². The molecule has 2 atom stereocenters. The Labute approximate surface area is 205 Å². The number of dihydropyridines is 1. The van der Waals surface area contributed by atoms with E-state index in [0.717, 1.165) is 5.56 Å². The molecule has 0 radical (unpaired) electrons. The van der Waals surface area contributed by atoms with E-state index in [1.807, 2.05) is 30.3 Å². The van der Waals surface area contributed by atoms with Gasteiger partial charge in [-0.15, -0.1) is 0 Å². The van der Waals surface area contributed by atoms with Crippen LogP contribution in [0.15, 0.2) is 77.1 Å². The molecule has 2 unspecified atom stereocenters. The molecule has 1 aliphatic rings.